The zero-order chi connectivity index (χ0) is 11.1. The summed E-state index contributed by atoms with van der Waals surface area (Å²) in [6.07, 6.45) is 2.40. The summed E-state index contributed by atoms with van der Waals surface area (Å²) in [6.45, 7) is 4.09. The van der Waals surface area contributed by atoms with E-state index in [4.69, 9.17) is 0 Å². The molecule has 0 N–H and O–H groups in total. The van der Waals surface area contributed by atoms with Gasteiger partial charge < -0.3 is 4.90 Å². The molecule has 0 unspecified atom stereocenters. The van der Waals surface area contributed by atoms with Gasteiger partial charge in [-0.1, -0.05) is 6.07 Å². The van der Waals surface area contributed by atoms with E-state index in [1.807, 2.05) is 13.0 Å². The zero-order valence-electron chi connectivity index (χ0n) is 9.61. The Morgan fingerprint density at radius 2 is 2.13 bits per heavy atom. The topological polar surface area (TPSA) is 16.1 Å². The van der Waals surface area contributed by atoms with Crippen molar-refractivity contribution in [1.82, 2.24) is 9.88 Å². The van der Waals surface area contributed by atoms with Crippen molar-refractivity contribution in [1.29, 1.82) is 0 Å². The number of pyridine rings is 1. The monoisotopic (exact) mass is 224 g/mol. The van der Waals surface area contributed by atoms with Crippen LogP contribution in [0.2, 0.25) is 0 Å². The first-order valence-corrected chi connectivity index (χ1v) is 6.07. The Labute approximate surface area is 98.1 Å². The predicted molar refractivity (Wildman–Crippen MR) is 68.4 cm³/mol. The van der Waals surface area contributed by atoms with Gasteiger partial charge in [-0.15, -0.1) is 0 Å². The highest BCUT2D eigenvalue weighted by Crippen LogP contribution is 2.03. The summed E-state index contributed by atoms with van der Waals surface area (Å²) in [5, 5.41) is 0. The minimum atomic E-state index is 0.939. The van der Waals surface area contributed by atoms with Crippen LogP contribution in [-0.2, 0) is 6.54 Å². The van der Waals surface area contributed by atoms with Crippen molar-refractivity contribution in [2.75, 3.05) is 19.3 Å². The van der Waals surface area contributed by atoms with E-state index >= 15 is 0 Å². The van der Waals surface area contributed by atoms with Crippen LogP contribution in [0.5, 0.6) is 0 Å². The van der Waals surface area contributed by atoms with E-state index in [-0.39, 0.29) is 0 Å². The van der Waals surface area contributed by atoms with Crippen LogP contribution in [0.4, 0.5) is 0 Å². The lowest BCUT2D eigenvalue weighted by Crippen LogP contribution is -2.19. The van der Waals surface area contributed by atoms with Gasteiger partial charge >= 0.3 is 0 Å². The second kappa shape index (κ2) is 6.85. The van der Waals surface area contributed by atoms with Crippen LogP contribution in [0, 0.1) is 6.92 Å². The minimum absolute atomic E-state index is 0.939. The number of thiol groups is 1. The zero-order valence-corrected chi connectivity index (χ0v) is 10.5. The molecule has 0 fully saturated rings. The van der Waals surface area contributed by atoms with Crippen molar-refractivity contribution in [3.05, 3.63) is 29.6 Å². The van der Waals surface area contributed by atoms with E-state index in [9.17, 15) is 0 Å². The van der Waals surface area contributed by atoms with Crippen LogP contribution in [0.3, 0.4) is 0 Å². The van der Waals surface area contributed by atoms with Gasteiger partial charge in [-0.2, -0.15) is 12.6 Å². The van der Waals surface area contributed by atoms with E-state index < -0.39 is 0 Å². The first kappa shape index (κ1) is 12.5. The van der Waals surface area contributed by atoms with Gasteiger partial charge in [-0.05, 0) is 51.2 Å². The predicted octanol–water partition coefficient (Wildman–Crippen LogP) is 2.53. The van der Waals surface area contributed by atoms with Crippen molar-refractivity contribution in [3.8, 4) is 0 Å². The molecule has 1 aromatic heterocycles. The molecule has 1 rings (SSSR count). The van der Waals surface area contributed by atoms with Crippen molar-refractivity contribution >= 4 is 12.6 Å². The lowest BCUT2D eigenvalue weighted by Gasteiger charge is -2.15. The van der Waals surface area contributed by atoms with Crippen molar-refractivity contribution in [2.24, 2.45) is 0 Å². The Kier molecular flexibility index (Phi) is 5.73. The van der Waals surface area contributed by atoms with E-state index in [1.54, 1.807) is 0 Å². The Bertz CT molecular complexity index is 289. The third kappa shape index (κ3) is 5.19. The lowest BCUT2D eigenvalue weighted by atomic mass is 10.3. The molecular formula is C12H20N2S. The molecule has 0 atom stereocenters. The first-order valence-electron chi connectivity index (χ1n) is 5.44. The highest BCUT2D eigenvalue weighted by molar-refractivity contribution is 7.80. The number of unbranched alkanes of at least 4 members (excludes halogenated alkanes) is 1. The van der Waals surface area contributed by atoms with Gasteiger partial charge in [0, 0.05) is 12.2 Å². The Balaban J connectivity index is 2.34. The molecule has 1 aromatic rings. The molecule has 1 heterocycles. The summed E-state index contributed by atoms with van der Waals surface area (Å²) in [4.78, 5) is 6.80. The average molecular weight is 224 g/mol. The van der Waals surface area contributed by atoms with E-state index in [1.165, 1.54) is 12.8 Å². The maximum atomic E-state index is 4.48. The van der Waals surface area contributed by atoms with Crippen LogP contribution < -0.4 is 0 Å². The van der Waals surface area contributed by atoms with Gasteiger partial charge in [0.25, 0.3) is 0 Å². The average Bonchev–Trinajstić information content (AvgIpc) is 2.18. The number of aromatic nitrogens is 1. The molecule has 15 heavy (non-hydrogen) atoms. The molecule has 0 aliphatic carbocycles. The smallest absolute Gasteiger partial charge is 0.0547 e. The molecular weight excluding hydrogens is 204 g/mol. The van der Waals surface area contributed by atoms with Crippen LogP contribution >= 0.6 is 12.6 Å². The van der Waals surface area contributed by atoms with Crippen molar-refractivity contribution in [3.63, 3.8) is 0 Å². The number of nitrogens with zero attached hydrogens (tertiary/aromatic N) is 2. The van der Waals surface area contributed by atoms with Crippen molar-refractivity contribution < 1.29 is 0 Å². The van der Waals surface area contributed by atoms with Crippen LogP contribution in [0.15, 0.2) is 18.2 Å². The third-order valence-corrected chi connectivity index (χ3v) is 2.64. The van der Waals surface area contributed by atoms with Crippen LogP contribution in [0.1, 0.15) is 24.2 Å². The Morgan fingerprint density at radius 1 is 1.33 bits per heavy atom. The number of hydrogen-bond acceptors (Lipinski definition) is 3. The summed E-state index contributed by atoms with van der Waals surface area (Å²) in [7, 11) is 2.14. The largest absolute Gasteiger partial charge is 0.301 e. The molecule has 2 nitrogen and oxygen atoms in total. The quantitative estimate of drug-likeness (QED) is 0.590. The van der Waals surface area contributed by atoms with E-state index in [0.29, 0.717) is 0 Å². The second-order valence-corrected chi connectivity index (χ2v) is 4.39. The van der Waals surface area contributed by atoms with Crippen LogP contribution in [-0.4, -0.2) is 29.2 Å². The molecule has 0 saturated carbocycles. The molecule has 0 aliphatic heterocycles. The molecule has 0 aliphatic rings. The van der Waals surface area contributed by atoms with Gasteiger partial charge in [0.2, 0.25) is 0 Å². The highest BCUT2D eigenvalue weighted by atomic mass is 32.1. The summed E-state index contributed by atoms with van der Waals surface area (Å²) >= 11 is 4.20. The second-order valence-electron chi connectivity index (χ2n) is 3.94. The first-order chi connectivity index (χ1) is 7.22. The molecule has 0 bridgehead atoms. The molecule has 3 heteroatoms. The van der Waals surface area contributed by atoms with Crippen LogP contribution in [0.25, 0.3) is 0 Å². The third-order valence-electron chi connectivity index (χ3n) is 2.33. The Hall–Kier alpha value is -0.540. The standard InChI is InChI=1S/C12H20N2S/c1-11-6-5-7-12(13-11)10-14(2)8-3-4-9-15/h5-7,15H,3-4,8-10H2,1-2H3. The summed E-state index contributed by atoms with van der Waals surface area (Å²) < 4.78 is 0. The maximum Gasteiger partial charge on any atom is 0.0547 e. The molecule has 0 saturated heterocycles. The van der Waals surface area contributed by atoms with Gasteiger partial charge in [-0.25, -0.2) is 0 Å². The highest BCUT2D eigenvalue weighted by Gasteiger charge is 2.00. The van der Waals surface area contributed by atoms with Crippen molar-refractivity contribution in [2.45, 2.75) is 26.3 Å². The fraction of sp³-hybridized carbons (Fsp3) is 0.583. The number of rotatable bonds is 6. The Morgan fingerprint density at radius 3 is 2.80 bits per heavy atom. The van der Waals surface area contributed by atoms with Gasteiger partial charge in [0.15, 0.2) is 0 Å². The molecule has 0 amide bonds. The summed E-state index contributed by atoms with van der Waals surface area (Å²) in [5.41, 5.74) is 2.25. The van der Waals surface area contributed by atoms with Gasteiger partial charge in [0.05, 0.1) is 5.69 Å². The maximum absolute atomic E-state index is 4.48. The van der Waals surface area contributed by atoms with Gasteiger partial charge in [0.1, 0.15) is 0 Å². The van der Waals surface area contributed by atoms with Gasteiger partial charge in [-0.3, -0.25) is 4.98 Å². The van der Waals surface area contributed by atoms with E-state index in [0.717, 1.165) is 30.2 Å². The fourth-order valence-electron chi connectivity index (χ4n) is 1.54. The molecule has 0 spiro atoms. The minimum Gasteiger partial charge on any atom is -0.301 e. The molecule has 0 radical (unpaired) electrons. The summed E-state index contributed by atoms with van der Waals surface area (Å²) in [5.74, 6) is 0.983. The fourth-order valence-corrected chi connectivity index (χ4v) is 1.76. The lowest BCUT2D eigenvalue weighted by molar-refractivity contribution is 0.317. The number of hydrogen-bond donors (Lipinski definition) is 1. The van der Waals surface area contributed by atoms with E-state index in [2.05, 4.69) is 41.7 Å². The summed E-state index contributed by atoms with van der Waals surface area (Å²) in [6, 6.07) is 6.19. The molecule has 84 valence electrons. The molecule has 0 aromatic carbocycles. The normalized spacial score (nSPS) is 10.9. The number of aryl methyl sites for hydroxylation is 1. The SMILES string of the molecule is Cc1cccc(CN(C)CCCCS)n1.